The first-order chi connectivity index (χ1) is 11.7. The van der Waals surface area contributed by atoms with Crippen molar-refractivity contribution >= 4 is 11.8 Å². The van der Waals surface area contributed by atoms with Crippen LogP contribution in [-0.2, 0) is 13.1 Å². The molecular weight excluding hydrogens is 302 g/mol. The maximum absolute atomic E-state index is 10.9. The Bertz CT molecular complexity index is 679. The lowest BCUT2D eigenvalue weighted by Gasteiger charge is -2.26. The molecule has 1 aromatic carbocycles. The monoisotopic (exact) mass is 325 g/mol. The molecule has 2 N–H and O–H groups in total. The molecule has 5 heteroatoms. The van der Waals surface area contributed by atoms with Crippen molar-refractivity contribution in [2.45, 2.75) is 32.4 Å². The third-order valence-electron chi connectivity index (χ3n) is 4.32. The molecule has 24 heavy (non-hydrogen) atoms. The molecule has 0 aliphatic carbocycles. The minimum Gasteiger partial charge on any atom is -0.477 e. The van der Waals surface area contributed by atoms with Gasteiger partial charge in [-0.2, -0.15) is 0 Å². The number of nitrogens with zero attached hydrogens (tertiary/aromatic N) is 2. The molecule has 1 aromatic heterocycles. The lowest BCUT2D eigenvalue weighted by atomic mass is 10.1. The van der Waals surface area contributed by atoms with Crippen LogP contribution in [0.1, 0.15) is 40.9 Å². The van der Waals surface area contributed by atoms with Crippen molar-refractivity contribution in [3.63, 3.8) is 0 Å². The SMILES string of the molecule is O=C(O)c1cccc(NCc2ccc(CN3CCCCC3)cc2)n1. The van der Waals surface area contributed by atoms with Crippen LogP contribution in [0.3, 0.4) is 0 Å². The molecule has 1 fully saturated rings. The highest BCUT2D eigenvalue weighted by molar-refractivity contribution is 5.85. The van der Waals surface area contributed by atoms with Gasteiger partial charge in [0.15, 0.2) is 5.69 Å². The number of piperidine rings is 1. The maximum atomic E-state index is 10.9. The molecule has 0 unspecified atom stereocenters. The van der Waals surface area contributed by atoms with E-state index in [1.54, 1.807) is 12.1 Å². The third-order valence-corrected chi connectivity index (χ3v) is 4.32. The van der Waals surface area contributed by atoms with Crippen molar-refractivity contribution in [3.8, 4) is 0 Å². The number of rotatable bonds is 6. The van der Waals surface area contributed by atoms with Crippen LogP contribution in [0.25, 0.3) is 0 Å². The molecule has 1 aliphatic rings. The zero-order valence-electron chi connectivity index (χ0n) is 13.7. The summed E-state index contributed by atoms with van der Waals surface area (Å²) < 4.78 is 0. The van der Waals surface area contributed by atoms with E-state index in [-0.39, 0.29) is 5.69 Å². The minimum atomic E-state index is -1.01. The topological polar surface area (TPSA) is 65.5 Å². The van der Waals surface area contributed by atoms with Gasteiger partial charge in [-0.15, -0.1) is 0 Å². The van der Waals surface area contributed by atoms with Gasteiger partial charge >= 0.3 is 5.97 Å². The van der Waals surface area contributed by atoms with E-state index < -0.39 is 5.97 Å². The van der Waals surface area contributed by atoms with Crippen molar-refractivity contribution in [3.05, 3.63) is 59.3 Å². The molecule has 0 radical (unpaired) electrons. The molecule has 1 aliphatic heterocycles. The van der Waals surface area contributed by atoms with Crippen molar-refractivity contribution < 1.29 is 9.90 Å². The highest BCUT2D eigenvalue weighted by Gasteiger charge is 2.10. The second kappa shape index (κ2) is 7.93. The molecule has 126 valence electrons. The zero-order chi connectivity index (χ0) is 16.8. The number of carbonyl (C=O) groups is 1. The Hall–Kier alpha value is -2.40. The summed E-state index contributed by atoms with van der Waals surface area (Å²) in [5.74, 6) is -0.437. The number of pyridine rings is 1. The first kappa shape index (κ1) is 16.5. The molecule has 1 saturated heterocycles. The normalized spacial score (nSPS) is 15.2. The minimum absolute atomic E-state index is 0.0527. The fraction of sp³-hybridized carbons (Fsp3) is 0.368. The van der Waals surface area contributed by atoms with Gasteiger partial charge < -0.3 is 10.4 Å². The van der Waals surface area contributed by atoms with Gasteiger partial charge in [-0.3, -0.25) is 4.90 Å². The highest BCUT2D eigenvalue weighted by Crippen LogP contribution is 2.14. The summed E-state index contributed by atoms with van der Waals surface area (Å²) in [6.07, 6.45) is 3.98. The number of carboxylic acid groups (broad SMARTS) is 1. The van der Waals surface area contributed by atoms with Crippen LogP contribution in [0.5, 0.6) is 0 Å². The van der Waals surface area contributed by atoms with Crippen LogP contribution in [0, 0.1) is 0 Å². The highest BCUT2D eigenvalue weighted by atomic mass is 16.4. The molecule has 5 nitrogen and oxygen atoms in total. The number of aromatic carboxylic acids is 1. The molecular formula is C19H23N3O2. The first-order valence-electron chi connectivity index (χ1n) is 8.45. The summed E-state index contributed by atoms with van der Waals surface area (Å²) in [6, 6.07) is 13.5. The quantitative estimate of drug-likeness (QED) is 0.852. The van der Waals surface area contributed by atoms with Crippen LogP contribution < -0.4 is 5.32 Å². The summed E-state index contributed by atoms with van der Waals surface area (Å²) in [7, 11) is 0. The van der Waals surface area contributed by atoms with Gasteiger partial charge in [0.05, 0.1) is 0 Å². The number of likely N-dealkylation sites (tertiary alicyclic amines) is 1. The van der Waals surface area contributed by atoms with Gasteiger partial charge in [0.2, 0.25) is 0 Å². The van der Waals surface area contributed by atoms with Crippen molar-refractivity contribution in [2.75, 3.05) is 18.4 Å². The Morgan fingerprint density at radius 1 is 1.04 bits per heavy atom. The number of hydrogen-bond acceptors (Lipinski definition) is 4. The van der Waals surface area contributed by atoms with Crippen molar-refractivity contribution in [1.82, 2.24) is 9.88 Å². The van der Waals surface area contributed by atoms with Gasteiger partial charge in [0, 0.05) is 13.1 Å². The molecule has 0 amide bonds. The van der Waals surface area contributed by atoms with E-state index in [9.17, 15) is 4.79 Å². The van der Waals surface area contributed by atoms with Gasteiger partial charge in [-0.25, -0.2) is 9.78 Å². The summed E-state index contributed by atoms with van der Waals surface area (Å²) in [5, 5.41) is 12.1. The van der Waals surface area contributed by atoms with Crippen molar-refractivity contribution in [1.29, 1.82) is 0 Å². The van der Waals surface area contributed by atoms with E-state index in [1.807, 2.05) is 0 Å². The number of carboxylic acids is 1. The summed E-state index contributed by atoms with van der Waals surface area (Å²) in [4.78, 5) is 17.5. The largest absolute Gasteiger partial charge is 0.477 e. The molecule has 0 bridgehead atoms. The number of anilines is 1. The molecule has 0 atom stereocenters. The lowest BCUT2D eigenvalue weighted by Crippen LogP contribution is -2.29. The van der Waals surface area contributed by atoms with Gasteiger partial charge in [0.25, 0.3) is 0 Å². The van der Waals surface area contributed by atoms with Gasteiger partial charge in [0.1, 0.15) is 5.82 Å². The number of aromatic nitrogens is 1. The maximum Gasteiger partial charge on any atom is 0.354 e. The summed E-state index contributed by atoms with van der Waals surface area (Å²) in [5.41, 5.74) is 2.54. The molecule has 3 rings (SSSR count). The number of hydrogen-bond donors (Lipinski definition) is 2. The van der Waals surface area contributed by atoms with Crippen LogP contribution >= 0.6 is 0 Å². The van der Waals surface area contributed by atoms with Crippen LogP contribution in [-0.4, -0.2) is 34.0 Å². The number of nitrogens with one attached hydrogen (secondary N) is 1. The molecule has 0 saturated carbocycles. The van der Waals surface area contributed by atoms with E-state index in [1.165, 1.54) is 44.0 Å². The van der Waals surface area contributed by atoms with E-state index in [0.29, 0.717) is 12.4 Å². The Morgan fingerprint density at radius 3 is 2.46 bits per heavy atom. The van der Waals surface area contributed by atoms with E-state index in [0.717, 1.165) is 12.1 Å². The lowest BCUT2D eigenvalue weighted by molar-refractivity contribution is 0.0690. The zero-order valence-corrected chi connectivity index (χ0v) is 13.7. The fourth-order valence-corrected chi connectivity index (χ4v) is 2.98. The summed E-state index contributed by atoms with van der Waals surface area (Å²) in [6.45, 7) is 4.06. The van der Waals surface area contributed by atoms with E-state index in [2.05, 4.69) is 39.5 Å². The predicted molar refractivity (Wildman–Crippen MR) is 94.1 cm³/mol. The molecule has 2 heterocycles. The predicted octanol–water partition coefficient (Wildman–Crippen LogP) is 3.38. The fourth-order valence-electron chi connectivity index (χ4n) is 2.98. The Labute approximate surface area is 142 Å². The third kappa shape index (κ3) is 4.55. The Morgan fingerprint density at radius 2 is 1.75 bits per heavy atom. The van der Waals surface area contributed by atoms with Gasteiger partial charge in [-0.05, 0) is 49.2 Å². The standard InChI is InChI=1S/C19H23N3O2/c23-19(24)17-5-4-6-18(21-17)20-13-15-7-9-16(10-8-15)14-22-11-2-1-3-12-22/h4-10H,1-3,11-14H2,(H,20,21)(H,23,24). The van der Waals surface area contributed by atoms with Crippen LogP contribution in [0.15, 0.2) is 42.5 Å². The second-order valence-electron chi connectivity index (χ2n) is 6.22. The van der Waals surface area contributed by atoms with Crippen molar-refractivity contribution in [2.24, 2.45) is 0 Å². The van der Waals surface area contributed by atoms with E-state index >= 15 is 0 Å². The smallest absolute Gasteiger partial charge is 0.354 e. The Kier molecular flexibility index (Phi) is 5.43. The van der Waals surface area contributed by atoms with E-state index in [4.69, 9.17) is 5.11 Å². The molecule has 2 aromatic rings. The van der Waals surface area contributed by atoms with Crippen LogP contribution in [0.4, 0.5) is 5.82 Å². The Balaban J connectivity index is 1.54. The number of benzene rings is 1. The average molecular weight is 325 g/mol. The molecule has 0 spiro atoms. The second-order valence-corrected chi connectivity index (χ2v) is 6.22. The van der Waals surface area contributed by atoms with Gasteiger partial charge in [-0.1, -0.05) is 36.8 Å². The summed E-state index contributed by atoms with van der Waals surface area (Å²) >= 11 is 0. The first-order valence-corrected chi connectivity index (χ1v) is 8.45. The van der Waals surface area contributed by atoms with Crippen LogP contribution in [0.2, 0.25) is 0 Å². The average Bonchev–Trinajstić information content (AvgIpc) is 2.62.